The van der Waals surface area contributed by atoms with Crippen molar-refractivity contribution >= 4 is 15.8 Å². The molecule has 0 N–H and O–H groups in total. The van der Waals surface area contributed by atoms with E-state index in [1.165, 1.54) is 6.08 Å². The van der Waals surface area contributed by atoms with Crippen molar-refractivity contribution in [2.45, 2.75) is 20.3 Å². The normalized spacial score (nSPS) is 15.4. The van der Waals surface area contributed by atoms with Gasteiger partial charge in [-0.1, -0.05) is 17.3 Å². The van der Waals surface area contributed by atoms with Gasteiger partial charge in [-0.15, -0.1) is 0 Å². The summed E-state index contributed by atoms with van der Waals surface area (Å²) in [5.74, 6) is 0. The van der Waals surface area contributed by atoms with Crippen molar-refractivity contribution in [2.75, 3.05) is 0 Å². The van der Waals surface area contributed by atoms with E-state index in [4.69, 9.17) is 0 Å². The smallest absolute Gasteiger partial charge is 0.265 e. The fourth-order valence-electron chi connectivity index (χ4n) is 0.784. The lowest BCUT2D eigenvalue weighted by atomic mass is 10.5. The second kappa shape index (κ2) is 3.74. The van der Waals surface area contributed by atoms with Crippen LogP contribution in [0.2, 0.25) is 0 Å². The monoisotopic (exact) mass is 201 g/mol. The number of oxime groups is 1. The molecular weight excluding hydrogens is 190 g/mol. The molecule has 0 heterocycles. The van der Waals surface area contributed by atoms with E-state index < -0.39 is 10.1 Å². The number of allylic oxidation sites excluding steroid dienone is 4. The van der Waals surface area contributed by atoms with E-state index in [9.17, 15) is 8.42 Å². The lowest BCUT2D eigenvalue weighted by Gasteiger charge is -2.00. The first-order valence-electron chi connectivity index (χ1n) is 3.83. The van der Waals surface area contributed by atoms with Crippen LogP contribution in [0.25, 0.3) is 0 Å². The van der Waals surface area contributed by atoms with E-state index in [1.807, 2.05) is 0 Å². The molecule has 0 amide bonds. The minimum Gasteiger partial charge on any atom is -0.265 e. The van der Waals surface area contributed by atoms with Crippen molar-refractivity contribution in [2.24, 2.45) is 5.16 Å². The van der Waals surface area contributed by atoms with Gasteiger partial charge in [0, 0.05) is 6.42 Å². The highest BCUT2D eigenvalue weighted by Crippen LogP contribution is 2.18. The predicted molar refractivity (Wildman–Crippen MR) is 50.6 cm³/mol. The van der Waals surface area contributed by atoms with Crippen LogP contribution in [0.5, 0.6) is 0 Å². The molecule has 0 atom stereocenters. The first-order chi connectivity index (χ1) is 6.02. The zero-order valence-electron chi connectivity index (χ0n) is 7.52. The first-order valence-corrected chi connectivity index (χ1v) is 5.24. The van der Waals surface area contributed by atoms with Crippen LogP contribution < -0.4 is 0 Å². The van der Waals surface area contributed by atoms with E-state index in [0.717, 1.165) is 0 Å². The molecule has 5 heteroatoms. The number of hydrogen-bond acceptors (Lipinski definition) is 4. The van der Waals surface area contributed by atoms with Gasteiger partial charge in [-0.2, -0.15) is 8.42 Å². The maximum absolute atomic E-state index is 11.3. The fraction of sp³-hybridized carbons (Fsp3) is 0.375. The van der Waals surface area contributed by atoms with Crippen LogP contribution in [-0.4, -0.2) is 14.1 Å². The summed E-state index contributed by atoms with van der Waals surface area (Å²) in [4.78, 5) is 0.248. The molecule has 1 aliphatic rings. The van der Waals surface area contributed by atoms with Crippen molar-refractivity contribution in [3.05, 3.63) is 23.1 Å². The van der Waals surface area contributed by atoms with Crippen molar-refractivity contribution in [3.63, 3.8) is 0 Å². The Kier molecular flexibility index (Phi) is 2.87. The van der Waals surface area contributed by atoms with Gasteiger partial charge in [-0.25, -0.2) is 0 Å². The maximum Gasteiger partial charge on any atom is 0.354 e. The molecule has 13 heavy (non-hydrogen) atoms. The van der Waals surface area contributed by atoms with Crippen LogP contribution in [0.1, 0.15) is 20.3 Å². The van der Waals surface area contributed by atoms with Crippen LogP contribution in [0.4, 0.5) is 0 Å². The highest BCUT2D eigenvalue weighted by Gasteiger charge is 2.19. The zero-order valence-corrected chi connectivity index (χ0v) is 8.34. The molecule has 0 aromatic heterocycles. The number of hydrogen-bond donors (Lipinski definition) is 0. The molecule has 0 spiro atoms. The fourth-order valence-corrected chi connectivity index (χ4v) is 1.67. The van der Waals surface area contributed by atoms with Crippen LogP contribution in [-0.2, 0) is 14.4 Å². The lowest BCUT2D eigenvalue weighted by molar-refractivity contribution is 0.343. The van der Waals surface area contributed by atoms with Gasteiger partial charge in [0.25, 0.3) is 0 Å². The Morgan fingerprint density at radius 3 is 2.69 bits per heavy atom. The van der Waals surface area contributed by atoms with Crippen LogP contribution in [0.15, 0.2) is 28.3 Å². The summed E-state index contributed by atoms with van der Waals surface area (Å²) in [6.45, 7) is 3.33. The van der Waals surface area contributed by atoms with E-state index in [1.54, 1.807) is 26.0 Å². The van der Waals surface area contributed by atoms with Gasteiger partial charge < -0.3 is 0 Å². The van der Waals surface area contributed by atoms with E-state index in [0.29, 0.717) is 12.1 Å². The number of nitrogens with zero attached hydrogens (tertiary/aromatic N) is 1. The molecule has 0 unspecified atom stereocenters. The molecule has 0 aromatic carbocycles. The molecular formula is C8H11NO3S. The Morgan fingerprint density at radius 2 is 2.23 bits per heavy atom. The Labute approximate surface area is 77.7 Å². The minimum atomic E-state index is -3.64. The quantitative estimate of drug-likeness (QED) is 0.514. The van der Waals surface area contributed by atoms with Crippen molar-refractivity contribution in [3.8, 4) is 0 Å². The molecule has 1 rings (SSSR count). The van der Waals surface area contributed by atoms with Crippen LogP contribution in [0, 0.1) is 0 Å². The second-order valence-corrected chi connectivity index (χ2v) is 4.41. The molecule has 72 valence electrons. The summed E-state index contributed by atoms with van der Waals surface area (Å²) in [7, 11) is -3.64. The molecule has 1 aliphatic carbocycles. The third-order valence-corrected chi connectivity index (χ3v) is 2.59. The Morgan fingerprint density at radius 1 is 1.54 bits per heavy atom. The second-order valence-electron chi connectivity index (χ2n) is 2.83. The van der Waals surface area contributed by atoms with Gasteiger partial charge in [0.15, 0.2) is 0 Å². The van der Waals surface area contributed by atoms with Crippen molar-refractivity contribution in [1.29, 1.82) is 0 Å². The molecule has 0 radical (unpaired) electrons. The standard InChI is InChI=1S/C8H11NO3S/c1-7(2)9-12-13(10,11)8-5-3-4-6-8/h3-5H,6H2,1-2H3. The van der Waals surface area contributed by atoms with Gasteiger partial charge in [0.05, 0.1) is 10.6 Å². The van der Waals surface area contributed by atoms with Crippen LogP contribution in [0.3, 0.4) is 0 Å². The Bertz CT molecular complexity index is 372. The molecule has 0 bridgehead atoms. The van der Waals surface area contributed by atoms with E-state index >= 15 is 0 Å². The highest BCUT2D eigenvalue weighted by atomic mass is 32.2. The largest absolute Gasteiger partial charge is 0.354 e. The lowest BCUT2D eigenvalue weighted by Crippen LogP contribution is -2.04. The summed E-state index contributed by atoms with van der Waals surface area (Å²) < 4.78 is 27.0. The Balaban J connectivity index is 2.73. The third kappa shape index (κ3) is 2.69. The topological polar surface area (TPSA) is 55.7 Å². The molecule has 0 saturated carbocycles. The molecule has 0 saturated heterocycles. The van der Waals surface area contributed by atoms with Crippen molar-refractivity contribution in [1.82, 2.24) is 0 Å². The molecule has 0 fully saturated rings. The van der Waals surface area contributed by atoms with Gasteiger partial charge >= 0.3 is 10.1 Å². The maximum atomic E-state index is 11.3. The van der Waals surface area contributed by atoms with Gasteiger partial charge in [-0.3, -0.25) is 4.28 Å². The Hall–Kier alpha value is -1.10. The summed E-state index contributed by atoms with van der Waals surface area (Å²) in [6, 6.07) is 0. The molecule has 4 nitrogen and oxygen atoms in total. The summed E-state index contributed by atoms with van der Waals surface area (Å²) >= 11 is 0. The highest BCUT2D eigenvalue weighted by molar-refractivity contribution is 7.90. The average molecular weight is 201 g/mol. The van der Waals surface area contributed by atoms with Crippen LogP contribution >= 0.6 is 0 Å². The van der Waals surface area contributed by atoms with E-state index in [2.05, 4.69) is 9.44 Å². The third-order valence-electron chi connectivity index (χ3n) is 1.38. The summed E-state index contributed by atoms with van der Waals surface area (Å²) in [5.41, 5.74) is 0.565. The number of rotatable bonds is 3. The average Bonchev–Trinajstić information content (AvgIpc) is 2.53. The SMILES string of the molecule is CC(C)=NOS(=O)(=O)C1=CC=CC1. The van der Waals surface area contributed by atoms with Gasteiger partial charge in [0.1, 0.15) is 0 Å². The van der Waals surface area contributed by atoms with E-state index in [-0.39, 0.29) is 4.91 Å². The van der Waals surface area contributed by atoms with Gasteiger partial charge in [-0.05, 0) is 19.9 Å². The minimum absolute atomic E-state index is 0.248. The zero-order chi connectivity index (χ0) is 9.90. The molecule has 0 aromatic rings. The summed E-state index contributed by atoms with van der Waals surface area (Å²) in [5, 5.41) is 3.40. The first kappa shape index (κ1) is 9.98. The molecule has 0 aliphatic heterocycles. The summed E-state index contributed by atoms with van der Waals surface area (Å²) in [6.07, 6.45) is 5.33. The predicted octanol–water partition coefficient (Wildman–Crippen LogP) is 1.57. The van der Waals surface area contributed by atoms with Gasteiger partial charge in [0.2, 0.25) is 0 Å². The van der Waals surface area contributed by atoms with Crippen molar-refractivity contribution < 1.29 is 12.7 Å².